The normalized spacial score (nSPS) is 11.9. The Bertz CT molecular complexity index is 572. The summed E-state index contributed by atoms with van der Waals surface area (Å²) in [5.74, 6) is -0.167. The molecule has 20 heavy (non-hydrogen) atoms. The summed E-state index contributed by atoms with van der Waals surface area (Å²) < 4.78 is 0. The van der Waals surface area contributed by atoms with E-state index in [0.29, 0.717) is 10.6 Å². The molecule has 0 saturated carbocycles. The molecule has 1 N–H and O–H groups in total. The predicted octanol–water partition coefficient (Wildman–Crippen LogP) is 4.01. The average molecular weight is 289 g/mol. The lowest BCUT2D eigenvalue weighted by molar-refractivity contribution is 0.0934. The Kier molecular flexibility index (Phi) is 5.13. The first-order valence-electron chi connectivity index (χ1n) is 6.67. The molecule has 0 spiro atoms. The van der Waals surface area contributed by atoms with Crippen molar-refractivity contribution in [3.05, 3.63) is 64.9 Å². The number of amides is 1. The Morgan fingerprint density at radius 1 is 1.30 bits per heavy atom. The molecular formula is C16H17ClN2O. The molecule has 1 atom stereocenters. The van der Waals surface area contributed by atoms with Crippen LogP contribution in [0.1, 0.15) is 41.7 Å². The van der Waals surface area contributed by atoms with Crippen LogP contribution in [0.5, 0.6) is 0 Å². The van der Waals surface area contributed by atoms with Gasteiger partial charge in [0.2, 0.25) is 0 Å². The number of pyridine rings is 1. The largest absolute Gasteiger partial charge is 0.345 e. The van der Waals surface area contributed by atoms with Crippen LogP contribution < -0.4 is 5.32 Å². The molecule has 0 aliphatic heterocycles. The fourth-order valence-electron chi connectivity index (χ4n) is 2.09. The summed E-state index contributed by atoms with van der Waals surface area (Å²) in [6.07, 6.45) is 4.92. The van der Waals surface area contributed by atoms with E-state index in [2.05, 4.69) is 17.2 Å². The van der Waals surface area contributed by atoms with Crippen LogP contribution in [0.4, 0.5) is 0 Å². The number of carbonyl (C=O) groups excluding carboxylic acids is 1. The van der Waals surface area contributed by atoms with Gasteiger partial charge in [-0.1, -0.05) is 55.3 Å². The van der Waals surface area contributed by atoms with Crippen molar-refractivity contribution in [3.63, 3.8) is 0 Å². The molecule has 0 bridgehead atoms. The molecule has 1 aromatic heterocycles. The van der Waals surface area contributed by atoms with Gasteiger partial charge in [0, 0.05) is 12.4 Å². The van der Waals surface area contributed by atoms with Crippen molar-refractivity contribution in [1.82, 2.24) is 10.3 Å². The summed E-state index contributed by atoms with van der Waals surface area (Å²) >= 11 is 6.00. The van der Waals surface area contributed by atoms with Gasteiger partial charge in [0.25, 0.3) is 5.91 Å². The lowest BCUT2D eigenvalue weighted by Crippen LogP contribution is -2.28. The minimum Gasteiger partial charge on any atom is -0.345 e. The van der Waals surface area contributed by atoms with Crippen LogP contribution in [0.2, 0.25) is 5.02 Å². The quantitative estimate of drug-likeness (QED) is 0.903. The first-order valence-corrected chi connectivity index (χ1v) is 7.05. The SMILES string of the molecule is CCCC(NC(=O)c1ccncc1Cl)c1ccccc1. The number of nitrogens with zero attached hydrogens (tertiary/aromatic N) is 1. The van der Waals surface area contributed by atoms with Gasteiger partial charge in [0.05, 0.1) is 16.6 Å². The molecule has 2 aromatic rings. The molecule has 104 valence electrons. The Morgan fingerprint density at radius 3 is 2.70 bits per heavy atom. The van der Waals surface area contributed by atoms with Crippen molar-refractivity contribution in [2.75, 3.05) is 0 Å². The van der Waals surface area contributed by atoms with Gasteiger partial charge >= 0.3 is 0 Å². The van der Waals surface area contributed by atoms with E-state index >= 15 is 0 Å². The molecule has 4 heteroatoms. The lowest BCUT2D eigenvalue weighted by Gasteiger charge is -2.19. The molecule has 3 nitrogen and oxygen atoms in total. The fourth-order valence-corrected chi connectivity index (χ4v) is 2.30. The van der Waals surface area contributed by atoms with E-state index in [1.807, 2.05) is 30.3 Å². The van der Waals surface area contributed by atoms with Crippen molar-refractivity contribution in [1.29, 1.82) is 0 Å². The molecule has 0 saturated heterocycles. The van der Waals surface area contributed by atoms with E-state index in [9.17, 15) is 4.79 Å². The lowest BCUT2D eigenvalue weighted by atomic mass is 10.0. The molecule has 2 rings (SSSR count). The highest BCUT2D eigenvalue weighted by Gasteiger charge is 2.16. The number of rotatable bonds is 5. The predicted molar refractivity (Wildman–Crippen MR) is 80.8 cm³/mol. The summed E-state index contributed by atoms with van der Waals surface area (Å²) in [6, 6.07) is 11.6. The van der Waals surface area contributed by atoms with Crippen LogP contribution in [0.25, 0.3) is 0 Å². The fraction of sp³-hybridized carbons (Fsp3) is 0.250. The van der Waals surface area contributed by atoms with Crippen LogP contribution >= 0.6 is 11.6 Å². The van der Waals surface area contributed by atoms with E-state index in [-0.39, 0.29) is 11.9 Å². The standard InChI is InChI=1S/C16H17ClN2O/c1-2-6-15(12-7-4-3-5-8-12)19-16(20)13-9-10-18-11-14(13)17/h3-5,7-11,15H,2,6H2,1H3,(H,19,20). The highest BCUT2D eigenvalue weighted by molar-refractivity contribution is 6.33. The van der Waals surface area contributed by atoms with Crippen LogP contribution in [0, 0.1) is 0 Å². The molecule has 0 aliphatic rings. The second kappa shape index (κ2) is 7.06. The van der Waals surface area contributed by atoms with Crippen molar-refractivity contribution >= 4 is 17.5 Å². The van der Waals surface area contributed by atoms with Gasteiger partial charge in [-0.05, 0) is 18.1 Å². The molecule has 1 amide bonds. The monoisotopic (exact) mass is 288 g/mol. The third-order valence-electron chi connectivity index (χ3n) is 3.10. The second-order valence-electron chi connectivity index (χ2n) is 4.58. The first kappa shape index (κ1) is 14.5. The van der Waals surface area contributed by atoms with Gasteiger partial charge in [-0.3, -0.25) is 9.78 Å². The van der Waals surface area contributed by atoms with Crippen molar-refractivity contribution in [3.8, 4) is 0 Å². The summed E-state index contributed by atoms with van der Waals surface area (Å²) in [6.45, 7) is 2.10. The Morgan fingerprint density at radius 2 is 2.05 bits per heavy atom. The minimum atomic E-state index is -0.167. The summed E-state index contributed by atoms with van der Waals surface area (Å²) in [5.41, 5.74) is 1.56. The number of halogens is 1. The van der Waals surface area contributed by atoms with Gasteiger partial charge in [0.1, 0.15) is 0 Å². The minimum absolute atomic E-state index is 0.00191. The topological polar surface area (TPSA) is 42.0 Å². The smallest absolute Gasteiger partial charge is 0.253 e. The van der Waals surface area contributed by atoms with Crippen LogP contribution in [-0.2, 0) is 0 Å². The molecule has 0 radical (unpaired) electrons. The first-order chi connectivity index (χ1) is 9.72. The van der Waals surface area contributed by atoms with E-state index in [0.717, 1.165) is 18.4 Å². The average Bonchev–Trinajstić information content (AvgIpc) is 2.48. The number of benzene rings is 1. The molecule has 1 heterocycles. The van der Waals surface area contributed by atoms with Crippen molar-refractivity contribution < 1.29 is 4.79 Å². The van der Waals surface area contributed by atoms with Gasteiger partial charge in [-0.15, -0.1) is 0 Å². The van der Waals surface area contributed by atoms with Crippen LogP contribution in [-0.4, -0.2) is 10.9 Å². The Hall–Kier alpha value is -1.87. The second-order valence-corrected chi connectivity index (χ2v) is 4.99. The molecular weight excluding hydrogens is 272 g/mol. The highest BCUT2D eigenvalue weighted by Crippen LogP contribution is 2.20. The number of carbonyl (C=O) groups is 1. The third-order valence-corrected chi connectivity index (χ3v) is 3.40. The Labute approximate surface area is 124 Å². The zero-order valence-corrected chi connectivity index (χ0v) is 12.1. The Balaban J connectivity index is 2.17. The summed E-state index contributed by atoms with van der Waals surface area (Å²) in [5, 5.41) is 3.41. The van der Waals surface area contributed by atoms with Crippen LogP contribution in [0.3, 0.4) is 0 Å². The van der Waals surface area contributed by atoms with E-state index < -0.39 is 0 Å². The zero-order valence-electron chi connectivity index (χ0n) is 11.3. The van der Waals surface area contributed by atoms with Crippen molar-refractivity contribution in [2.45, 2.75) is 25.8 Å². The molecule has 0 fully saturated rings. The molecule has 1 aromatic carbocycles. The number of hydrogen-bond donors (Lipinski definition) is 1. The maximum absolute atomic E-state index is 12.3. The van der Waals surface area contributed by atoms with Gasteiger partial charge in [-0.25, -0.2) is 0 Å². The van der Waals surface area contributed by atoms with E-state index in [1.54, 1.807) is 12.3 Å². The van der Waals surface area contributed by atoms with E-state index in [4.69, 9.17) is 11.6 Å². The zero-order chi connectivity index (χ0) is 14.4. The highest BCUT2D eigenvalue weighted by atomic mass is 35.5. The number of hydrogen-bond acceptors (Lipinski definition) is 2. The maximum atomic E-state index is 12.3. The van der Waals surface area contributed by atoms with Gasteiger partial charge < -0.3 is 5.32 Å². The van der Waals surface area contributed by atoms with Gasteiger partial charge in [0.15, 0.2) is 0 Å². The number of aromatic nitrogens is 1. The van der Waals surface area contributed by atoms with E-state index in [1.165, 1.54) is 6.20 Å². The molecule has 1 unspecified atom stereocenters. The van der Waals surface area contributed by atoms with Crippen molar-refractivity contribution in [2.24, 2.45) is 0 Å². The number of nitrogens with one attached hydrogen (secondary N) is 1. The van der Waals surface area contributed by atoms with Crippen LogP contribution in [0.15, 0.2) is 48.8 Å². The summed E-state index contributed by atoms with van der Waals surface area (Å²) in [7, 11) is 0. The molecule has 0 aliphatic carbocycles. The maximum Gasteiger partial charge on any atom is 0.253 e. The third kappa shape index (κ3) is 3.58. The van der Waals surface area contributed by atoms with Gasteiger partial charge in [-0.2, -0.15) is 0 Å². The summed E-state index contributed by atoms with van der Waals surface area (Å²) in [4.78, 5) is 16.2.